The van der Waals surface area contributed by atoms with Gasteiger partial charge in [-0.1, -0.05) is 53.5 Å². The SMILES string of the molecule is CCOC(=O)Oc1ccc(/C=N\NC(=O)[C@H](Cc2ccccc2)NC(=O)[C@@H](C)Oc2ccc(Cl)cc2Cl)cc1OC. The predicted molar refractivity (Wildman–Crippen MR) is 155 cm³/mol. The first kappa shape index (κ1) is 31.3. The standard InChI is InChI=1S/C29H29Cl2N3O7/c1-4-39-29(37)41-25-12-10-20(15-26(25)38-3)17-32-34-28(36)23(14-19-8-6-5-7-9-19)33-27(35)18(2)40-24-13-11-21(30)16-22(24)31/h5-13,15-18,23H,4,14H2,1-3H3,(H,33,35)(H,34,36)/b32-17-/t18-,23+/m1/s1. The van der Waals surface area contributed by atoms with Gasteiger partial charge >= 0.3 is 6.16 Å². The summed E-state index contributed by atoms with van der Waals surface area (Å²) in [7, 11) is 1.42. The highest BCUT2D eigenvalue weighted by molar-refractivity contribution is 6.35. The number of carbonyl (C=O) groups is 3. The number of ether oxygens (including phenoxy) is 4. The van der Waals surface area contributed by atoms with Gasteiger partial charge in [-0.15, -0.1) is 0 Å². The van der Waals surface area contributed by atoms with E-state index in [4.69, 9.17) is 42.1 Å². The molecule has 3 rings (SSSR count). The van der Waals surface area contributed by atoms with E-state index in [0.717, 1.165) is 5.56 Å². The highest BCUT2D eigenvalue weighted by atomic mass is 35.5. The summed E-state index contributed by atoms with van der Waals surface area (Å²) >= 11 is 12.1. The molecule has 0 unspecified atom stereocenters. The minimum absolute atomic E-state index is 0.161. The summed E-state index contributed by atoms with van der Waals surface area (Å²) < 4.78 is 20.8. The predicted octanol–water partition coefficient (Wildman–Crippen LogP) is 5.18. The minimum Gasteiger partial charge on any atom is -0.493 e. The number of benzene rings is 3. The molecule has 0 saturated heterocycles. The number of hydrogen-bond donors (Lipinski definition) is 2. The van der Waals surface area contributed by atoms with E-state index in [-0.39, 0.29) is 35.3 Å². The average molecular weight is 602 g/mol. The first-order chi connectivity index (χ1) is 19.7. The Bertz CT molecular complexity index is 1390. The molecule has 3 aromatic carbocycles. The third kappa shape index (κ3) is 9.70. The van der Waals surface area contributed by atoms with Crippen molar-refractivity contribution in [3.63, 3.8) is 0 Å². The van der Waals surface area contributed by atoms with Crippen molar-refractivity contribution >= 4 is 47.4 Å². The molecule has 0 saturated carbocycles. The first-order valence-electron chi connectivity index (χ1n) is 12.5. The number of rotatable bonds is 12. The number of halogens is 2. The molecule has 0 bridgehead atoms. The molecule has 2 amide bonds. The maximum Gasteiger partial charge on any atom is 0.513 e. The van der Waals surface area contributed by atoms with Gasteiger partial charge in [0, 0.05) is 11.4 Å². The lowest BCUT2D eigenvalue weighted by Gasteiger charge is -2.21. The van der Waals surface area contributed by atoms with Crippen LogP contribution in [0.3, 0.4) is 0 Å². The lowest BCUT2D eigenvalue weighted by molar-refractivity contribution is -0.132. The van der Waals surface area contributed by atoms with Gasteiger partial charge in [0.1, 0.15) is 11.8 Å². The van der Waals surface area contributed by atoms with E-state index in [1.807, 2.05) is 30.3 Å². The Morgan fingerprint density at radius 1 is 0.951 bits per heavy atom. The van der Waals surface area contributed by atoms with E-state index < -0.39 is 30.1 Å². The Morgan fingerprint density at radius 3 is 2.37 bits per heavy atom. The molecule has 3 aromatic rings. The van der Waals surface area contributed by atoms with Gasteiger partial charge in [0.25, 0.3) is 11.8 Å². The van der Waals surface area contributed by atoms with Crippen LogP contribution in [0.2, 0.25) is 10.0 Å². The van der Waals surface area contributed by atoms with E-state index in [2.05, 4.69) is 15.8 Å². The zero-order valence-corrected chi connectivity index (χ0v) is 24.1. The lowest BCUT2D eigenvalue weighted by Crippen LogP contribution is -2.50. The summed E-state index contributed by atoms with van der Waals surface area (Å²) in [6.07, 6.45) is -0.242. The van der Waals surface area contributed by atoms with Crippen molar-refractivity contribution < 1.29 is 33.3 Å². The summed E-state index contributed by atoms with van der Waals surface area (Å²) in [6, 6.07) is 17.6. The Labute approximate surface area is 247 Å². The van der Waals surface area contributed by atoms with Crippen LogP contribution in [0.25, 0.3) is 0 Å². The molecule has 2 N–H and O–H groups in total. The number of hydrogen-bond acceptors (Lipinski definition) is 8. The summed E-state index contributed by atoms with van der Waals surface area (Å²) in [4.78, 5) is 37.7. The van der Waals surface area contributed by atoms with Crippen molar-refractivity contribution in [1.82, 2.24) is 10.7 Å². The lowest BCUT2D eigenvalue weighted by atomic mass is 10.1. The highest BCUT2D eigenvalue weighted by Gasteiger charge is 2.25. The molecule has 216 valence electrons. The van der Waals surface area contributed by atoms with Crippen molar-refractivity contribution in [2.24, 2.45) is 5.10 Å². The van der Waals surface area contributed by atoms with E-state index in [1.54, 1.807) is 38.1 Å². The molecular formula is C29H29Cl2N3O7. The van der Waals surface area contributed by atoms with Crippen LogP contribution in [0.15, 0.2) is 71.8 Å². The van der Waals surface area contributed by atoms with Crippen LogP contribution >= 0.6 is 23.2 Å². The van der Waals surface area contributed by atoms with Crippen LogP contribution in [-0.2, 0) is 20.7 Å². The monoisotopic (exact) mass is 601 g/mol. The Hall–Kier alpha value is -4.28. The van der Waals surface area contributed by atoms with E-state index >= 15 is 0 Å². The van der Waals surface area contributed by atoms with Crippen LogP contribution in [0.4, 0.5) is 4.79 Å². The molecule has 0 aromatic heterocycles. The molecule has 0 aliphatic rings. The first-order valence-corrected chi connectivity index (χ1v) is 13.3. The van der Waals surface area contributed by atoms with Crippen LogP contribution in [0.5, 0.6) is 17.2 Å². The minimum atomic E-state index is -0.969. The summed E-state index contributed by atoms with van der Waals surface area (Å²) in [5.74, 6) is -0.379. The highest BCUT2D eigenvalue weighted by Crippen LogP contribution is 2.29. The molecule has 0 aliphatic heterocycles. The van der Waals surface area contributed by atoms with Gasteiger partial charge in [0.15, 0.2) is 17.6 Å². The van der Waals surface area contributed by atoms with Gasteiger partial charge in [-0.25, -0.2) is 10.2 Å². The summed E-state index contributed by atoms with van der Waals surface area (Å²) in [6.45, 7) is 3.37. The van der Waals surface area contributed by atoms with Crippen molar-refractivity contribution in [2.75, 3.05) is 13.7 Å². The quantitative estimate of drug-likeness (QED) is 0.127. The fraction of sp³-hybridized carbons (Fsp3) is 0.241. The Balaban J connectivity index is 1.69. The van der Waals surface area contributed by atoms with Crippen LogP contribution in [-0.4, -0.2) is 50.0 Å². The number of carbonyl (C=O) groups excluding carboxylic acids is 3. The van der Waals surface area contributed by atoms with Gasteiger partial charge in [0.2, 0.25) is 0 Å². The van der Waals surface area contributed by atoms with E-state index in [1.165, 1.54) is 25.5 Å². The second-order valence-corrected chi connectivity index (χ2v) is 9.36. The third-order valence-corrected chi connectivity index (χ3v) is 6.04. The molecule has 0 aliphatic carbocycles. The second kappa shape index (κ2) is 15.5. The van der Waals surface area contributed by atoms with Crippen LogP contribution < -0.4 is 25.0 Å². The number of nitrogens with one attached hydrogen (secondary N) is 2. The van der Waals surface area contributed by atoms with Gasteiger partial charge in [-0.2, -0.15) is 5.10 Å². The van der Waals surface area contributed by atoms with Gasteiger partial charge in [0.05, 0.1) is 25.0 Å². The molecule has 0 fully saturated rings. The number of methoxy groups -OCH3 is 1. The van der Waals surface area contributed by atoms with Crippen molar-refractivity contribution in [2.45, 2.75) is 32.4 Å². The normalized spacial score (nSPS) is 12.2. The molecular weight excluding hydrogens is 573 g/mol. The smallest absolute Gasteiger partial charge is 0.493 e. The van der Waals surface area contributed by atoms with Crippen molar-refractivity contribution in [1.29, 1.82) is 0 Å². The Kier molecular flexibility index (Phi) is 11.8. The summed E-state index contributed by atoms with van der Waals surface area (Å²) in [5.41, 5.74) is 3.83. The number of amides is 2. The van der Waals surface area contributed by atoms with Gasteiger partial charge < -0.3 is 24.3 Å². The zero-order valence-electron chi connectivity index (χ0n) is 22.6. The molecule has 10 nitrogen and oxygen atoms in total. The van der Waals surface area contributed by atoms with E-state index in [9.17, 15) is 14.4 Å². The number of nitrogens with zero attached hydrogens (tertiary/aromatic N) is 1. The number of hydrazone groups is 1. The van der Waals surface area contributed by atoms with Crippen molar-refractivity contribution in [3.05, 3.63) is 87.9 Å². The fourth-order valence-electron chi connectivity index (χ4n) is 3.50. The van der Waals surface area contributed by atoms with Gasteiger partial charge in [-0.05, 0) is 61.4 Å². The molecule has 0 spiro atoms. The maximum atomic E-state index is 13.1. The fourth-order valence-corrected chi connectivity index (χ4v) is 3.95. The summed E-state index contributed by atoms with van der Waals surface area (Å²) in [5, 5.41) is 7.42. The molecule has 41 heavy (non-hydrogen) atoms. The van der Waals surface area contributed by atoms with Crippen LogP contribution in [0.1, 0.15) is 25.0 Å². The third-order valence-electron chi connectivity index (χ3n) is 5.51. The molecule has 2 atom stereocenters. The van der Waals surface area contributed by atoms with Crippen LogP contribution in [0, 0.1) is 0 Å². The average Bonchev–Trinajstić information content (AvgIpc) is 2.95. The Morgan fingerprint density at radius 2 is 1.68 bits per heavy atom. The molecule has 0 radical (unpaired) electrons. The topological polar surface area (TPSA) is 125 Å². The maximum absolute atomic E-state index is 13.1. The van der Waals surface area contributed by atoms with E-state index in [0.29, 0.717) is 10.6 Å². The zero-order chi connectivity index (χ0) is 29.8. The molecule has 12 heteroatoms. The van der Waals surface area contributed by atoms with Gasteiger partial charge in [-0.3, -0.25) is 9.59 Å². The largest absolute Gasteiger partial charge is 0.513 e. The second-order valence-electron chi connectivity index (χ2n) is 8.52. The molecule has 0 heterocycles. The van der Waals surface area contributed by atoms with Crippen molar-refractivity contribution in [3.8, 4) is 17.2 Å².